The van der Waals surface area contributed by atoms with Gasteiger partial charge in [0, 0.05) is 25.7 Å². The van der Waals surface area contributed by atoms with Gasteiger partial charge in [-0.1, -0.05) is 5.21 Å². The third kappa shape index (κ3) is 2.43. The molecule has 15 heavy (non-hydrogen) atoms. The van der Waals surface area contributed by atoms with Crippen LogP contribution in [0.15, 0.2) is 23.0 Å². The lowest BCUT2D eigenvalue weighted by Gasteiger charge is -2.12. The molecule has 80 valence electrons. The number of hydrogen-bond acceptors (Lipinski definition) is 4. The van der Waals surface area contributed by atoms with Gasteiger partial charge in [0.05, 0.1) is 5.69 Å². The Bertz CT molecular complexity index is 407. The van der Waals surface area contributed by atoms with Crippen LogP contribution in [0.25, 0.3) is 0 Å². The highest BCUT2D eigenvalue weighted by atomic mass is 32.1. The second-order valence-electron chi connectivity index (χ2n) is 3.49. The molecule has 2 rings (SSSR count). The van der Waals surface area contributed by atoms with Gasteiger partial charge in [-0.2, -0.15) is 11.3 Å². The lowest BCUT2D eigenvalue weighted by Crippen LogP contribution is -2.18. The second kappa shape index (κ2) is 4.55. The Balaban J connectivity index is 2.09. The summed E-state index contributed by atoms with van der Waals surface area (Å²) < 4.78 is 1.73. The minimum absolute atomic E-state index is 0.327. The highest BCUT2D eigenvalue weighted by molar-refractivity contribution is 7.07. The molecule has 0 aliphatic heterocycles. The standard InChI is InChI=1S/C10H14N4S/c1-11-10(8-3-4-15-7-8)5-9-6-14(2)13-12-9/h3-4,6-7,10-11H,5H2,1-2H3. The lowest BCUT2D eigenvalue weighted by molar-refractivity contribution is 0.585. The predicted molar refractivity (Wildman–Crippen MR) is 60.8 cm³/mol. The first-order valence-corrected chi connectivity index (χ1v) is 5.78. The fourth-order valence-electron chi connectivity index (χ4n) is 1.56. The van der Waals surface area contributed by atoms with Gasteiger partial charge in [-0.15, -0.1) is 5.10 Å². The minimum atomic E-state index is 0.327. The van der Waals surface area contributed by atoms with Crippen LogP contribution >= 0.6 is 11.3 Å². The fourth-order valence-corrected chi connectivity index (χ4v) is 2.27. The van der Waals surface area contributed by atoms with Crippen LogP contribution < -0.4 is 5.32 Å². The molecule has 0 fully saturated rings. The Morgan fingerprint density at radius 2 is 2.47 bits per heavy atom. The number of hydrogen-bond donors (Lipinski definition) is 1. The highest BCUT2D eigenvalue weighted by Gasteiger charge is 2.12. The Morgan fingerprint density at radius 1 is 1.60 bits per heavy atom. The Morgan fingerprint density at radius 3 is 3.00 bits per heavy atom. The van der Waals surface area contributed by atoms with Crippen LogP contribution in [0.5, 0.6) is 0 Å². The van der Waals surface area contributed by atoms with Crippen molar-refractivity contribution < 1.29 is 0 Å². The topological polar surface area (TPSA) is 42.7 Å². The minimum Gasteiger partial charge on any atom is -0.313 e. The van der Waals surface area contributed by atoms with E-state index in [0.717, 1.165) is 12.1 Å². The van der Waals surface area contributed by atoms with Gasteiger partial charge in [0.2, 0.25) is 0 Å². The number of aromatic nitrogens is 3. The zero-order valence-corrected chi connectivity index (χ0v) is 9.66. The highest BCUT2D eigenvalue weighted by Crippen LogP contribution is 2.19. The lowest BCUT2D eigenvalue weighted by atomic mass is 10.1. The van der Waals surface area contributed by atoms with Crippen molar-refractivity contribution in [1.29, 1.82) is 0 Å². The number of thiophene rings is 1. The average Bonchev–Trinajstić information content (AvgIpc) is 2.85. The van der Waals surface area contributed by atoms with Crippen molar-refractivity contribution in [1.82, 2.24) is 20.3 Å². The summed E-state index contributed by atoms with van der Waals surface area (Å²) in [6.07, 6.45) is 2.83. The first-order valence-electron chi connectivity index (χ1n) is 4.84. The van der Waals surface area contributed by atoms with Gasteiger partial charge in [-0.3, -0.25) is 4.68 Å². The van der Waals surface area contributed by atoms with E-state index in [1.807, 2.05) is 20.3 Å². The smallest absolute Gasteiger partial charge is 0.0845 e. The van der Waals surface area contributed by atoms with E-state index in [9.17, 15) is 0 Å². The molecule has 0 bridgehead atoms. The first kappa shape index (κ1) is 10.3. The molecule has 0 aliphatic carbocycles. The molecular formula is C10H14N4S. The summed E-state index contributed by atoms with van der Waals surface area (Å²) in [5.41, 5.74) is 2.33. The second-order valence-corrected chi connectivity index (χ2v) is 4.27. The van der Waals surface area contributed by atoms with Gasteiger partial charge in [0.1, 0.15) is 0 Å². The normalized spacial score (nSPS) is 12.9. The van der Waals surface area contributed by atoms with Crippen molar-refractivity contribution in [3.8, 4) is 0 Å². The maximum atomic E-state index is 4.09. The molecule has 2 aromatic heterocycles. The molecule has 1 N–H and O–H groups in total. The van der Waals surface area contributed by atoms with Crippen LogP contribution in [0.3, 0.4) is 0 Å². The quantitative estimate of drug-likeness (QED) is 0.850. The summed E-state index contributed by atoms with van der Waals surface area (Å²) in [5, 5.41) is 15.6. The van der Waals surface area contributed by atoms with E-state index in [1.165, 1.54) is 5.56 Å². The number of likely N-dealkylation sites (N-methyl/N-ethyl adjacent to an activating group) is 1. The number of aryl methyl sites for hydroxylation is 1. The summed E-state index contributed by atoms with van der Waals surface area (Å²) in [6, 6.07) is 2.47. The zero-order valence-electron chi connectivity index (χ0n) is 8.84. The van der Waals surface area contributed by atoms with Gasteiger partial charge >= 0.3 is 0 Å². The average molecular weight is 222 g/mol. The molecule has 0 aliphatic rings. The van der Waals surface area contributed by atoms with Crippen molar-refractivity contribution in [2.75, 3.05) is 7.05 Å². The molecule has 0 saturated heterocycles. The third-order valence-electron chi connectivity index (χ3n) is 2.36. The predicted octanol–water partition coefficient (Wildman–Crippen LogP) is 1.38. The van der Waals surface area contributed by atoms with Gasteiger partial charge < -0.3 is 5.32 Å². The molecule has 5 heteroatoms. The van der Waals surface area contributed by atoms with E-state index >= 15 is 0 Å². The Kier molecular flexibility index (Phi) is 3.13. The molecule has 0 spiro atoms. The zero-order chi connectivity index (χ0) is 10.7. The maximum Gasteiger partial charge on any atom is 0.0845 e. The molecular weight excluding hydrogens is 208 g/mol. The SMILES string of the molecule is CNC(Cc1cn(C)nn1)c1ccsc1. The fraction of sp³-hybridized carbons (Fsp3) is 0.400. The number of nitrogens with zero attached hydrogens (tertiary/aromatic N) is 3. The van der Waals surface area contributed by atoms with Crippen molar-refractivity contribution in [3.05, 3.63) is 34.3 Å². The van der Waals surface area contributed by atoms with Crippen LogP contribution in [0.2, 0.25) is 0 Å². The summed E-state index contributed by atoms with van der Waals surface area (Å²) in [4.78, 5) is 0. The maximum absolute atomic E-state index is 4.09. The summed E-state index contributed by atoms with van der Waals surface area (Å²) >= 11 is 1.72. The van der Waals surface area contributed by atoms with Crippen LogP contribution in [-0.4, -0.2) is 22.0 Å². The monoisotopic (exact) mass is 222 g/mol. The van der Waals surface area contributed by atoms with Gasteiger partial charge in [-0.05, 0) is 29.4 Å². The van der Waals surface area contributed by atoms with E-state index < -0.39 is 0 Å². The molecule has 1 atom stereocenters. The van der Waals surface area contributed by atoms with Crippen LogP contribution in [-0.2, 0) is 13.5 Å². The summed E-state index contributed by atoms with van der Waals surface area (Å²) in [7, 11) is 3.86. The van der Waals surface area contributed by atoms with E-state index in [1.54, 1.807) is 16.0 Å². The molecule has 0 saturated carbocycles. The van der Waals surface area contributed by atoms with Crippen molar-refractivity contribution in [3.63, 3.8) is 0 Å². The third-order valence-corrected chi connectivity index (χ3v) is 3.06. The van der Waals surface area contributed by atoms with E-state index in [2.05, 4.69) is 32.5 Å². The summed E-state index contributed by atoms with van der Waals surface area (Å²) in [6.45, 7) is 0. The van der Waals surface area contributed by atoms with Crippen LogP contribution in [0.1, 0.15) is 17.3 Å². The van der Waals surface area contributed by atoms with E-state index in [-0.39, 0.29) is 0 Å². The molecule has 0 amide bonds. The van der Waals surface area contributed by atoms with Crippen LogP contribution in [0, 0.1) is 0 Å². The van der Waals surface area contributed by atoms with Crippen molar-refractivity contribution >= 4 is 11.3 Å². The summed E-state index contributed by atoms with van der Waals surface area (Å²) in [5.74, 6) is 0. The van der Waals surface area contributed by atoms with E-state index in [0.29, 0.717) is 6.04 Å². The molecule has 1 unspecified atom stereocenters. The first-order chi connectivity index (χ1) is 7.29. The number of rotatable bonds is 4. The van der Waals surface area contributed by atoms with E-state index in [4.69, 9.17) is 0 Å². The van der Waals surface area contributed by atoms with Gasteiger partial charge in [0.15, 0.2) is 0 Å². The number of nitrogens with one attached hydrogen (secondary N) is 1. The Labute approximate surface area is 92.9 Å². The molecule has 4 nitrogen and oxygen atoms in total. The van der Waals surface area contributed by atoms with Crippen LogP contribution in [0.4, 0.5) is 0 Å². The molecule has 2 aromatic rings. The van der Waals surface area contributed by atoms with Gasteiger partial charge in [0.25, 0.3) is 0 Å². The van der Waals surface area contributed by atoms with Crippen molar-refractivity contribution in [2.45, 2.75) is 12.5 Å². The molecule has 2 heterocycles. The van der Waals surface area contributed by atoms with Crippen molar-refractivity contribution in [2.24, 2.45) is 7.05 Å². The molecule has 0 radical (unpaired) electrons. The Hall–Kier alpha value is -1.20. The largest absolute Gasteiger partial charge is 0.313 e. The van der Waals surface area contributed by atoms with Gasteiger partial charge in [-0.25, -0.2) is 0 Å². The molecule has 0 aromatic carbocycles.